The van der Waals surface area contributed by atoms with Crippen molar-refractivity contribution in [2.75, 3.05) is 11.9 Å². The molecule has 2 rings (SSSR count). The first-order chi connectivity index (χ1) is 9.58. The average Bonchev–Trinajstić information content (AvgIpc) is 2.87. The van der Waals surface area contributed by atoms with Crippen LogP contribution in [0.5, 0.6) is 0 Å². The Hall–Kier alpha value is -1.89. The van der Waals surface area contributed by atoms with E-state index in [0.29, 0.717) is 17.4 Å². The van der Waals surface area contributed by atoms with Crippen LogP contribution in [0.3, 0.4) is 0 Å². The maximum Gasteiger partial charge on any atom is 0.244 e. The van der Waals surface area contributed by atoms with Crippen LogP contribution < -0.4 is 11.1 Å². The molecular weight excluding hydrogens is 280 g/mol. The number of nitrogens with zero attached hydrogens (tertiary/aromatic N) is 2. The second kappa shape index (κ2) is 6.51. The molecule has 0 aliphatic carbocycles. The summed E-state index contributed by atoms with van der Waals surface area (Å²) in [5, 5.41) is 16.2. The first-order valence-corrected chi connectivity index (χ1v) is 6.41. The van der Waals surface area contributed by atoms with Gasteiger partial charge in [0.25, 0.3) is 0 Å². The molecule has 1 aromatic heterocycles. The lowest BCUT2D eigenvalue weighted by Gasteiger charge is -2.07. The zero-order valence-corrected chi connectivity index (χ0v) is 11.4. The fourth-order valence-corrected chi connectivity index (χ4v) is 1.72. The van der Waals surface area contributed by atoms with Crippen molar-refractivity contribution in [3.63, 3.8) is 0 Å². The molecule has 0 saturated heterocycles. The van der Waals surface area contributed by atoms with Crippen LogP contribution >= 0.6 is 11.6 Å². The van der Waals surface area contributed by atoms with Gasteiger partial charge in [-0.3, -0.25) is 9.48 Å². The molecule has 0 radical (unpaired) electrons. The van der Waals surface area contributed by atoms with Crippen molar-refractivity contribution in [3.8, 4) is 0 Å². The minimum absolute atomic E-state index is 0.396. The van der Waals surface area contributed by atoms with E-state index in [2.05, 4.69) is 10.4 Å². The molecule has 1 atom stereocenters. The van der Waals surface area contributed by atoms with Gasteiger partial charge in [-0.25, -0.2) is 0 Å². The normalized spacial score (nSPS) is 12.2. The van der Waals surface area contributed by atoms with E-state index < -0.39 is 18.6 Å². The van der Waals surface area contributed by atoms with Crippen molar-refractivity contribution in [2.24, 2.45) is 5.73 Å². The fourth-order valence-electron chi connectivity index (χ4n) is 1.60. The van der Waals surface area contributed by atoms with Crippen LogP contribution in [0, 0.1) is 0 Å². The number of carbonyl (C=O) groups excluding carboxylic acids is 1. The number of aliphatic hydroxyl groups excluding tert-OH is 1. The quantitative estimate of drug-likeness (QED) is 0.762. The van der Waals surface area contributed by atoms with Crippen LogP contribution in [0.1, 0.15) is 5.56 Å². The SMILES string of the molecule is N[C@H](CO)C(=O)Nc1ccn(Cc2ccc(Cl)cc2)n1. The zero-order valence-electron chi connectivity index (χ0n) is 10.7. The number of carbonyl (C=O) groups is 1. The summed E-state index contributed by atoms with van der Waals surface area (Å²) in [6, 6.07) is 8.15. The summed E-state index contributed by atoms with van der Waals surface area (Å²) in [6.07, 6.45) is 1.74. The first kappa shape index (κ1) is 14.5. The molecule has 6 nitrogen and oxygen atoms in total. The molecule has 106 valence electrons. The van der Waals surface area contributed by atoms with Crippen molar-refractivity contribution in [1.29, 1.82) is 0 Å². The maximum absolute atomic E-state index is 11.5. The lowest BCUT2D eigenvalue weighted by molar-refractivity contribution is -0.118. The molecule has 0 aliphatic rings. The third-order valence-corrected chi connectivity index (χ3v) is 2.94. The van der Waals surface area contributed by atoms with Gasteiger partial charge < -0.3 is 16.2 Å². The van der Waals surface area contributed by atoms with E-state index in [1.165, 1.54) is 0 Å². The number of halogens is 1. The zero-order chi connectivity index (χ0) is 14.5. The molecule has 7 heteroatoms. The van der Waals surface area contributed by atoms with E-state index in [4.69, 9.17) is 22.4 Å². The van der Waals surface area contributed by atoms with Gasteiger partial charge in [-0.15, -0.1) is 0 Å². The predicted octanol–water partition coefficient (Wildman–Crippen LogP) is 0.843. The number of anilines is 1. The lowest BCUT2D eigenvalue weighted by atomic mass is 10.2. The highest BCUT2D eigenvalue weighted by molar-refractivity contribution is 6.30. The van der Waals surface area contributed by atoms with Gasteiger partial charge in [-0.05, 0) is 17.7 Å². The smallest absolute Gasteiger partial charge is 0.244 e. The molecule has 0 spiro atoms. The Labute approximate surface area is 121 Å². The number of hydrogen-bond donors (Lipinski definition) is 3. The van der Waals surface area contributed by atoms with E-state index in [9.17, 15) is 4.79 Å². The summed E-state index contributed by atoms with van der Waals surface area (Å²) in [5.74, 6) is -0.0721. The second-order valence-corrected chi connectivity index (χ2v) is 4.74. The summed E-state index contributed by atoms with van der Waals surface area (Å²) in [7, 11) is 0. The molecule has 1 amide bonds. The van der Waals surface area contributed by atoms with Crippen molar-refractivity contribution < 1.29 is 9.90 Å². The Balaban J connectivity index is 1.98. The molecule has 1 aromatic carbocycles. The molecule has 0 unspecified atom stereocenters. The van der Waals surface area contributed by atoms with Crippen LogP contribution in [0.15, 0.2) is 36.5 Å². The Morgan fingerprint density at radius 2 is 2.10 bits per heavy atom. The number of rotatable bonds is 5. The van der Waals surface area contributed by atoms with Gasteiger partial charge in [0.2, 0.25) is 5.91 Å². The number of benzene rings is 1. The van der Waals surface area contributed by atoms with Gasteiger partial charge in [0, 0.05) is 17.3 Å². The third-order valence-electron chi connectivity index (χ3n) is 2.68. The standard InChI is InChI=1S/C13H15ClN4O2/c14-10-3-1-9(2-4-10)7-18-6-5-12(17-18)16-13(20)11(15)8-19/h1-6,11,19H,7-8,15H2,(H,16,17,20)/t11-/m1/s1. The van der Waals surface area contributed by atoms with E-state index in [0.717, 1.165) is 5.56 Å². The van der Waals surface area contributed by atoms with Gasteiger partial charge in [0.1, 0.15) is 6.04 Å². The van der Waals surface area contributed by atoms with Gasteiger partial charge >= 0.3 is 0 Å². The summed E-state index contributed by atoms with van der Waals surface area (Å²) >= 11 is 5.82. The second-order valence-electron chi connectivity index (χ2n) is 4.30. The highest BCUT2D eigenvalue weighted by Crippen LogP contribution is 2.11. The molecule has 0 aliphatic heterocycles. The number of amides is 1. The van der Waals surface area contributed by atoms with Crippen LogP contribution in [0.4, 0.5) is 5.82 Å². The topological polar surface area (TPSA) is 93.2 Å². The summed E-state index contributed by atoms with van der Waals surface area (Å²) < 4.78 is 1.68. The maximum atomic E-state index is 11.5. The van der Waals surface area contributed by atoms with Crippen LogP contribution in [-0.2, 0) is 11.3 Å². The third kappa shape index (κ3) is 3.80. The monoisotopic (exact) mass is 294 g/mol. The number of nitrogens with two attached hydrogens (primary N) is 1. The molecule has 20 heavy (non-hydrogen) atoms. The number of aliphatic hydroxyl groups is 1. The average molecular weight is 295 g/mol. The Kier molecular flexibility index (Phi) is 4.73. The highest BCUT2D eigenvalue weighted by Gasteiger charge is 2.13. The molecule has 0 bridgehead atoms. The van der Waals surface area contributed by atoms with Crippen LogP contribution in [0.25, 0.3) is 0 Å². The van der Waals surface area contributed by atoms with Gasteiger partial charge in [0.05, 0.1) is 13.2 Å². The Morgan fingerprint density at radius 1 is 1.40 bits per heavy atom. The minimum Gasteiger partial charge on any atom is -0.394 e. The van der Waals surface area contributed by atoms with Crippen LogP contribution in [0.2, 0.25) is 5.02 Å². The van der Waals surface area contributed by atoms with Gasteiger partial charge in [0.15, 0.2) is 5.82 Å². The van der Waals surface area contributed by atoms with Crippen LogP contribution in [-0.4, -0.2) is 33.4 Å². The largest absolute Gasteiger partial charge is 0.394 e. The Morgan fingerprint density at radius 3 is 2.75 bits per heavy atom. The van der Waals surface area contributed by atoms with E-state index in [-0.39, 0.29) is 0 Å². The number of aromatic nitrogens is 2. The van der Waals surface area contributed by atoms with Gasteiger partial charge in [-0.2, -0.15) is 5.10 Å². The van der Waals surface area contributed by atoms with Gasteiger partial charge in [-0.1, -0.05) is 23.7 Å². The van der Waals surface area contributed by atoms with Crippen molar-refractivity contribution in [2.45, 2.75) is 12.6 Å². The minimum atomic E-state index is -0.948. The molecule has 0 fully saturated rings. The van der Waals surface area contributed by atoms with E-state index in [1.807, 2.05) is 24.3 Å². The molecule has 0 saturated carbocycles. The van der Waals surface area contributed by atoms with E-state index >= 15 is 0 Å². The molecule has 2 aromatic rings. The molecule has 4 N–H and O–H groups in total. The van der Waals surface area contributed by atoms with E-state index in [1.54, 1.807) is 16.9 Å². The summed E-state index contributed by atoms with van der Waals surface area (Å²) in [5.41, 5.74) is 6.44. The molecular formula is C13H15ClN4O2. The molecule has 1 heterocycles. The summed E-state index contributed by atoms with van der Waals surface area (Å²) in [6.45, 7) is 0.163. The lowest BCUT2D eigenvalue weighted by Crippen LogP contribution is -2.38. The number of hydrogen-bond acceptors (Lipinski definition) is 4. The predicted molar refractivity (Wildman–Crippen MR) is 76.5 cm³/mol. The van der Waals surface area contributed by atoms with Crippen molar-refractivity contribution in [3.05, 3.63) is 47.1 Å². The van der Waals surface area contributed by atoms with Crippen molar-refractivity contribution >= 4 is 23.3 Å². The highest BCUT2D eigenvalue weighted by atomic mass is 35.5. The first-order valence-electron chi connectivity index (χ1n) is 6.03. The fraction of sp³-hybridized carbons (Fsp3) is 0.231. The van der Waals surface area contributed by atoms with Crippen molar-refractivity contribution in [1.82, 2.24) is 9.78 Å². The number of nitrogens with one attached hydrogen (secondary N) is 1. The Bertz CT molecular complexity index is 582. The summed E-state index contributed by atoms with van der Waals surface area (Å²) in [4.78, 5) is 11.5.